The monoisotopic (exact) mass is 245 g/mol. The molecule has 0 bridgehead atoms. The van der Waals surface area contributed by atoms with E-state index in [4.69, 9.17) is 14.6 Å². The molecule has 3 unspecified atom stereocenters. The molecule has 1 fully saturated rings. The van der Waals surface area contributed by atoms with Crippen LogP contribution in [0.5, 0.6) is 0 Å². The van der Waals surface area contributed by atoms with Crippen LogP contribution in [0.2, 0.25) is 0 Å². The third-order valence-corrected chi connectivity index (χ3v) is 3.17. The Morgan fingerprint density at radius 1 is 1.65 bits per heavy atom. The predicted molar refractivity (Wildman–Crippen MR) is 63.6 cm³/mol. The maximum Gasteiger partial charge on any atom is 0.223 e. The van der Waals surface area contributed by atoms with E-state index in [2.05, 4.69) is 5.32 Å². The lowest BCUT2D eigenvalue weighted by molar-refractivity contribution is -0.131. The highest BCUT2D eigenvalue weighted by atomic mass is 16.5. The van der Waals surface area contributed by atoms with Gasteiger partial charge in [0.15, 0.2) is 0 Å². The number of aliphatic hydroxyl groups excluding tert-OH is 1. The zero-order valence-electron chi connectivity index (χ0n) is 10.6. The summed E-state index contributed by atoms with van der Waals surface area (Å²) < 4.78 is 10.3. The number of rotatable bonds is 6. The van der Waals surface area contributed by atoms with E-state index >= 15 is 0 Å². The molecule has 0 saturated carbocycles. The Bertz CT molecular complexity index is 229. The maximum atomic E-state index is 12.1. The van der Waals surface area contributed by atoms with Gasteiger partial charge in [0.25, 0.3) is 0 Å². The van der Waals surface area contributed by atoms with Crippen molar-refractivity contribution in [2.45, 2.75) is 25.8 Å². The van der Waals surface area contributed by atoms with Gasteiger partial charge in [-0.15, -0.1) is 0 Å². The minimum atomic E-state index is -0.104. The first-order chi connectivity index (χ1) is 8.19. The van der Waals surface area contributed by atoms with Crippen LogP contribution >= 0.6 is 0 Å². The topological polar surface area (TPSA) is 67.8 Å². The fourth-order valence-electron chi connectivity index (χ4n) is 2.13. The van der Waals surface area contributed by atoms with Gasteiger partial charge in [0.05, 0.1) is 12.6 Å². The highest BCUT2D eigenvalue weighted by Gasteiger charge is 2.29. The summed E-state index contributed by atoms with van der Waals surface area (Å²) in [6, 6.07) is -0.104. The molecule has 1 heterocycles. The third kappa shape index (κ3) is 4.61. The second-order valence-corrected chi connectivity index (χ2v) is 4.62. The van der Waals surface area contributed by atoms with Crippen LogP contribution < -0.4 is 5.32 Å². The lowest BCUT2D eigenvalue weighted by Gasteiger charge is -2.29. The summed E-state index contributed by atoms with van der Waals surface area (Å²) in [5.74, 6) is 0.319. The van der Waals surface area contributed by atoms with Crippen molar-refractivity contribution in [3.63, 3.8) is 0 Å². The average molecular weight is 245 g/mol. The van der Waals surface area contributed by atoms with Crippen LogP contribution in [0.3, 0.4) is 0 Å². The van der Waals surface area contributed by atoms with Gasteiger partial charge in [-0.05, 0) is 18.8 Å². The molecule has 0 radical (unpaired) electrons. The number of methoxy groups -OCH3 is 1. The molecule has 5 heteroatoms. The van der Waals surface area contributed by atoms with E-state index in [0.717, 1.165) is 6.42 Å². The van der Waals surface area contributed by atoms with E-state index in [9.17, 15) is 4.79 Å². The SMILES string of the molecule is COCC(CCO)NC(=O)C1CCOCC1C. The quantitative estimate of drug-likeness (QED) is 0.700. The van der Waals surface area contributed by atoms with E-state index in [-0.39, 0.29) is 30.4 Å². The molecule has 1 aliphatic heterocycles. The lowest BCUT2D eigenvalue weighted by Crippen LogP contribution is -2.45. The molecule has 17 heavy (non-hydrogen) atoms. The van der Waals surface area contributed by atoms with Crippen LogP contribution in [0.25, 0.3) is 0 Å². The Hall–Kier alpha value is -0.650. The van der Waals surface area contributed by atoms with E-state index in [0.29, 0.717) is 26.2 Å². The second kappa shape index (κ2) is 7.63. The predicted octanol–water partition coefficient (Wildman–Crippen LogP) is 0.173. The molecule has 0 aromatic heterocycles. The van der Waals surface area contributed by atoms with Gasteiger partial charge in [0.1, 0.15) is 0 Å². The molecule has 1 rings (SSSR count). The van der Waals surface area contributed by atoms with Crippen molar-refractivity contribution < 1.29 is 19.4 Å². The summed E-state index contributed by atoms with van der Waals surface area (Å²) in [5.41, 5.74) is 0. The zero-order valence-corrected chi connectivity index (χ0v) is 10.6. The van der Waals surface area contributed by atoms with Gasteiger partial charge in [-0.25, -0.2) is 0 Å². The van der Waals surface area contributed by atoms with Crippen molar-refractivity contribution in [3.8, 4) is 0 Å². The van der Waals surface area contributed by atoms with Crippen molar-refractivity contribution in [1.29, 1.82) is 0 Å². The maximum absolute atomic E-state index is 12.1. The lowest BCUT2D eigenvalue weighted by atomic mass is 9.89. The summed E-state index contributed by atoms with van der Waals surface area (Å²) in [6.45, 7) is 3.81. The summed E-state index contributed by atoms with van der Waals surface area (Å²) in [6.07, 6.45) is 1.29. The smallest absolute Gasteiger partial charge is 0.223 e. The Morgan fingerprint density at radius 2 is 2.41 bits per heavy atom. The van der Waals surface area contributed by atoms with Crippen LogP contribution in [-0.2, 0) is 14.3 Å². The fourth-order valence-corrected chi connectivity index (χ4v) is 2.13. The van der Waals surface area contributed by atoms with Gasteiger partial charge in [0, 0.05) is 32.8 Å². The molecule has 2 N–H and O–H groups in total. The number of aliphatic hydroxyl groups is 1. The van der Waals surface area contributed by atoms with Gasteiger partial charge in [-0.3, -0.25) is 4.79 Å². The van der Waals surface area contributed by atoms with Crippen LogP contribution in [0, 0.1) is 11.8 Å². The summed E-state index contributed by atoms with van der Waals surface area (Å²) in [7, 11) is 1.59. The molecule has 5 nitrogen and oxygen atoms in total. The molecule has 3 atom stereocenters. The molecule has 1 amide bonds. The number of ether oxygens (including phenoxy) is 2. The van der Waals surface area contributed by atoms with Crippen molar-refractivity contribution in [2.24, 2.45) is 11.8 Å². The van der Waals surface area contributed by atoms with E-state index in [1.165, 1.54) is 0 Å². The molecule has 0 spiro atoms. The molecule has 1 aliphatic rings. The van der Waals surface area contributed by atoms with Crippen LogP contribution in [-0.4, -0.2) is 50.6 Å². The van der Waals surface area contributed by atoms with Crippen LogP contribution in [0.1, 0.15) is 19.8 Å². The molecule has 100 valence electrons. The van der Waals surface area contributed by atoms with Gasteiger partial charge < -0.3 is 19.9 Å². The van der Waals surface area contributed by atoms with Gasteiger partial charge >= 0.3 is 0 Å². The normalized spacial score (nSPS) is 26.5. The molecular formula is C12H23NO4. The number of hydrogen-bond donors (Lipinski definition) is 2. The van der Waals surface area contributed by atoms with Gasteiger partial charge in [-0.2, -0.15) is 0 Å². The number of carbonyl (C=O) groups excluding carboxylic acids is 1. The van der Waals surface area contributed by atoms with Crippen molar-refractivity contribution in [3.05, 3.63) is 0 Å². The molecular weight excluding hydrogens is 222 g/mol. The van der Waals surface area contributed by atoms with Crippen LogP contribution in [0.15, 0.2) is 0 Å². The number of amides is 1. The fraction of sp³-hybridized carbons (Fsp3) is 0.917. The van der Waals surface area contributed by atoms with Crippen molar-refractivity contribution in [1.82, 2.24) is 5.32 Å². The first kappa shape index (κ1) is 14.4. The summed E-state index contributed by atoms with van der Waals surface area (Å²) in [5, 5.41) is 11.9. The second-order valence-electron chi connectivity index (χ2n) is 4.62. The molecule has 0 aliphatic carbocycles. The third-order valence-electron chi connectivity index (χ3n) is 3.17. The highest BCUT2D eigenvalue weighted by molar-refractivity contribution is 5.79. The van der Waals surface area contributed by atoms with Crippen LogP contribution in [0.4, 0.5) is 0 Å². The largest absolute Gasteiger partial charge is 0.396 e. The van der Waals surface area contributed by atoms with Gasteiger partial charge in [0.2, 0.25) is 5.91 Å². The summed E-state index contributed by atoms with van der Waals surface area (Å²) in [4.78, 5) is 12.1. The molecule has 0 aromatic carbocycles. The molecule has 1 saturated heterocycles. The molecule has 0 aromatic rings. The number of nitrogens with one attached hydrogen (secondary N) is 1. The first-order valence-electron chi connectivity index (χ1n) is 6.17. The Balaban J connectivity index is 2.44. The minimum Gasteiger partial charge on any atom is -0.396 e. The summed E-state index contributed by atoms with van der Waals surface area (Å²) >= 11 is 0. The number of hydrogen-bond acceptors (Lipinski definition) is 4. The Labute approximate surface area is 102 Å². The average Bonchev–Trinajstić information content (AvgIpc) is 2.30. The van der Waals surface area contributed by atoms with E-state index < -0.39 is 0 Å². The Morgan fingerprint density at radius 3 is 3.00 bits per heavy atom. The number of carbonyl (C=O) groups is 1. The van der Waals surface area contributed by atoms with E-state index in [1.807, 2.05) is 6.92 Å². The van der Waals surface area contributed by atoms with Crippen molar-refractivity contribution in [2.75, 3.05) is 33.5 Å². The van der Waals surface area contributed by atoms with Crippen molar-refractivity contribution >= 4 is 5.91 Å². The zero-order chi connectivity index (χ0) is 12.7. The highest BCUT2D eigenvalue weighted by Crippen LogP contribution is 2.21. The minimum absolute atomic E-state index is 0.0156. The Kier molecular flexibility index (Phi) is 6.47. The van der Waals surface area contributed by atoms with E-state index in [1.54, 1.807) is 7.11 Å². The van der Waals surface area contributed by atoms with Gasteiger partial charge in [-0.1, -0.05) is 6.92 Å². The standard InChI is InChI=1S/C12H23NO4/c1-9-7-17-6-4-11(9)12(15)13-10(3-5-14)8-16-2/h9-11,14H,3-8H2,1-2H3,(H,13,15). The first-order valence-corrected chi connectivity index (χ1v) is 6.17.